The fourth-order valence-corrected chi connectivity index (χ4v) is 5.01. The first-order valence-corrected chi connectivity index (χ1v) is 14.7. The lowest BCUT2D eigenvalue weighted by Gasteiger charge is -2.35. The molecule has 0 aliphatic rings. The first-order valence-electron chi connectivity index (χ1n) is 14.7. The SMILES string of the molecule is CCC(C)OC(=O)[C@@H](NC(=O)[C@@](OC)(c1ccccc1)C(F)(F)F)[C@@H](C)c1ccc(OC(=O)[C@@](OC)(c2ccccc2)C(F)(F)F)cc1. The zero-order chi connectivity index (χ0) is 35.9. The molecule has 0 aromatic heterocycles. The maximum Gasteiger partial charge on any atom is 0.432 e. The molecule has 0 saturated heterocycles. The third-order valence-electron chi connectivity index (χ3n) is 7.93. The molecule has 0 aliphatic heterocycles. The Morgan fingerprint density at radius 1 is 0.708 bits per heavy atom. The lowest BCUT2D eigenvalue weighted by molar-refractivity contribution is -0.272. The molecular weight excluding hydrogens is 648 g/mol. The van der Waals surface area contributed by atoms with Crippen LogP contribution in [-0.2, 0) is 39.8 Å². The Labute approximate surface area is 273 Å². The van der Waals surface area contributed by atoms with Crippen molar-refractivity contribution in [3.8, 4) is 5.75 Å². The summed E-state index contributed by atoms with van der Waals surface area (Å²) in [6, 6.07) is 15.4. The van der Waals surface area contributed by atoms with Crippen LogP contribution in [0.15, 0.2) is 84.9 Å². The van der Waals surface area contributed by atoms with Crippen molar-refractivity contribution in [1.29, 1.82) is 0 Å². The van der Waals surface area contributed by atoms with Gasteiger partial charge in [-0.3, -0.25) is 4.79 Å². The van der Waals surface area contributed by atoms with Crippen molar-refractivity contribution in [2.75, 3.05) is 14.2 Å². The van der Waals surface area contributed by atoms with E-state index in [0.717, 1.165) is 36.4 Å². The van der Waals surface area contributed by atoms with E-state index in [1.54, 1.807) is 13.8 Å². The predicted octanol–water partition coefficient (Wildman–Crippen LogP) is 6.73. The van der Waals surface area contributed by atoms with Crippen LogP contribution in [0.2, 0.25) is 0 Å². The molecule has 14 heteroatoms. The standard InChI is InChI=1S/C34H35F6NO7/c1-6-21(2)47-28(42)27(41-29(43)31(45-4,33(35,36)37)24-13-9-7-10-14-24)22(3)23-17-19-26(20-18-23)48-30(44)32(46-5,34(38,39)40)25-15-11-8-12-16-25/h7-22,27H,6H2,1-5H3,(H,41,43)/t21?,22-,27-,31-,32-/m0/s1. The molecule has 0 bridgehead atoms. The molecule has 1 N–H and O–H groups in total. The quantitative estimate of drug-likeness (QED) is 0.121. The molecular formula is C34H35F6NO7. The second-order valence-corrected chi connectivity index (χ2v) is 10.9. The van der Waals surface area contributed by atoms with Crippen molar-refractivity contribution in [2.24, 2.45) is 0 Å². The summed E-state index contributed by atoms with van der Waals surface area (Å²) in [6.07, 6.45) is -10.8. The van der Waals surface area contributed by atoms with Gasteiger partial charge in [0.1, 0.15) is 11.8 Å². The molecule has 1 amide bonds. The molecule has 0 heterocycles. The topological polar surface area (TPSA) is 100 Å². The molecule has 0 radical (unpaired) electrons. The zero-order valence-electron chi connectivity index (χ0n) is 26.6. The third-order valence-corrected chi connectivity index (χ3v) is 7.93. The van der Waals surface area contributed by atoms with Crippen molar-refractivity contribution in [2.45, 2.75) is 68.8 Å². The van der Waals surface area contributed by atoms with Crippen LogP contribution in [0.4, 0.5) is 26.3 Å². The van der Waals surface area contributed by atoms with Crippen LogP contribution in [0.5, 0.6) is 5.75 Å². The number of carbonyl (C=O) groups excluding carboxylic acids is 3. The molecule has 3 aromatic rings. The van der Waals surface area contributed by atoms with Gasteiger partial charge in [-0.2, -0.15) is 26.3 Å². The Balaban J connectivity index is 1.97. The van der Waals surface area contributed by atoms with Crippen molar-refractivity contribution in [3.63, 3.8) is 0 Å². The minimum atomic E-state index is -5.26. The molecule has 5 atom stereocenters. The number of esters is 2. The molecule has 48 heavy (non-hydrogen) atoms. The highest BCUT2D eigenvalue weighted by atomic mass is 19.4. The first-order chi connectivity index (χ1) is 22.5. The largest absolute Gasteiger partial charge is 0.461 e. The Morgan fingerprint density at radius 2 is 1.17 bits per heavy atom. The van der Waals surface area contributed by atoms with E-state index in [1.165, 1.54) is 55.5 Å². The minimum absolute atomic E-state index is 0.229. The highest BCUT2D eigenvalue weighted by Crippen LogP contribution is 2.44. The van der Waals surface area contributed by atoms with E-state index in [0.29, 0.717) is 20.6 Å². The molecule has 3 rings (SSSR count). The van der Waals surface area contributed by atoms with E-state index >= 15 is 0 Å². The lowest BCUT2D eigenvalue weighted by Crippen LogP contribution is -2.59. The van der Waals surface area contributed by atoms with Crippen molar-refractivity contribution in [3.05, 3.63) is 102 Å². The summed E-state index contributed by atoms with van der Waals surface area (Å²) in [6.45, 7) is 4.68. The molecule has 3 aromatic carbocycles. The van der Waals surface area contributed by atoms with Gasteiger partial charge in [-0.1, -0.05) is 86.6 Å². The third kappa shape index (κ3) is 7.49. The monoisotopic (exact) mass is 683 g/mol. The maximum absolute atomic E-state index is 14.6. The summed E-state index contributed by atoms with van der Waals surface area (Å²) in [7, 11) is 1.43. The Kier molecular flexibility index (Phi) is 12.0. The minimum Gasteiger partial charge on any atom is -0.461 e. The fraction of sp³-hybridized carbons (Fsp3) is 0.382. The van der Waals surface area contributed by atoms with Crippen LogP contribution in [0.3, 0.4) is 0 Å². The first kappa shape index (κ1) is 38.0. The maximum atomic E-state index is 14.6. The van der Waals surface area contributed by atoms with E-state index in [2.05, 4.69) is 5.32 Å². The number of benzene rings is 3. The number of methoxy groups -OCH3 is 2. The van der Waals surface area contributed by atoms with Gasteiger partial charge in [0.2, 0.25) is 0 Å². The molecule has 1 unspecified atom stereocenters. The molecule has 8 nitrogen and oxygen atoms in total. The van der Waals surface area contributed by atoms with Crippen molar-refractivity contribution >= 4 is 17.8 Å². The number of hydrogen-bond acceptors (Lipinski definition) is 7. The zero-order valence-corrected chi connectivity index (χ0v) is 26.6. The van der Waals surface area contributed by atoms with Gasteiger partial charge in [-0.15, -0.1) is 0 Å². The van der Waals surface area contributed by atoms with E-state index in [4.69, 9.17) is 18.9 Å². The molecule has 0 aliphatic carbocycles. The number of nitrogens with one attached hydrogen (secondary N) is 1. The lowest BCUT2D eigenvalue weighted by atomic mass is 9.89. The summed E-state index contributed by atoms with van der Waals surface area (Å²) in [5, 5.41) is 2.17. The molecule has 260 valence electrons. The van der Waals surface area contributed by atoms with Gasteiger partial charge in [0.15, 0.2) is 0 Å². The van der Waals surface area contributed by atoms with Crippen LogP contribution in [0, 0.1) is 0 Å². The van der Waals surface area contributed by atoms with Crippen LogP contribution in [0.1, 0.15) is 49.8 Å². The number of ether oxygens (including phenoxy) is 4. The summed E-state index contributed by atoms with van der Waals surface area (Å²) < 4.78 is 107. The van der Waals surface area contributed by atoms with E-state index in [1.807, 2.05) is 0 Å². The highest BCUT2D eigenvalue weighted by molar-refractivity contribution is 5.92. The highest BCUT2D eigenvalue weighted by Gasteiger charge is 2.65. The second-order valence-electron chi connectivity index (χ2n) is 10.9. The number of hydrogen-bond donors (Lipinski definition) is 1. The number of carbonyl (C=O) groups is 3. The van der Waals surface area contributed by atoms with Crippen molar-refractivity contribution in [1.82, 2.24) is 5.32 Å². The van der Waals surface area contributed by atoms with Crippen LogP contribution in [0.25, 0.3) is 0 Å². The van der Waals surface area contributed by atoms with Gasteiger partial charge in [0.25, 0.3) is 17.1 Å². The molecule has 0 saturated carbocycles. The Morgan fingerprint density at radius 3 is 1.58 bits per heavy atom. The van der Waals surface area contributed by atoms with Crippen molar-refractivity contribution < 1.29 is 59.7 Å². The normalized spacial score (nSPS) is 16.4. The second kappa shape index (κ2) is 15.2. The molecule has 0 fully saturated rings. The number of alkyl halides is 6. The van der Waals surface area contributed by atoms with Crippen LogP contribution in [-0.4, -0.2) is 56.6 Å². The summed E-state index contributed by atoms with van der Waals surface area (Å²) in [5.74, 6) is -5.91. The number of halogens is 6. The Bertz CT molecular complexity index is 1530. The van der Waals surface area contributed by atoms with Crippen LogP contribution < -0.4 is 10.1 Å². The average Bonchev–Trinajstić information content (AvgIpc) is 3.04. The van der Waals surface area contributed by atoms with Gasteiger partial charge in [0.05, 0.1) is 6.10 Å². The van der Waals surface area contributed by atoms with Gasteiger partial charge in [0, 0.05) is 31.3 Å². The van der Waals surface area contributed by atoms with Gasteiger partial charge in [-0.05, 0) is 31.0 Å². The van der Waals surface area contributed by atoms with Gasteiger partial charge in [-0.25, -0.2) is 9.59 Å². The number of rotatable bonds is 13. The summed E-state index contributed by atoms with van der Waals surface area (Å²) in [5.41, 5.74) is -7.78. The Hall–Kier alpha value is -4.43. The average molecular weight is 684 g/mol. The molecule has 0 spiro atoms. The van der Waals surface area contributed by atoms with Gasteiger partial charge >= 0.3 is 24.3 Å². The van der Waals surface area contributed by atoms with Gasteiger partial charge < -0.3 is 24.3 Å². The smallest absolute Gasteiger partial charge is 0.432 e. The fourth-order valence-electron chi connectivity index (χ4n) is 5.01. The van der Waals surface area contributed by atoms with E-state index < -0.39 is 70.6 Å². The summed E-state index contributed by atoms with van der Waals surface area (Å²) >= 11 is 0. The van der Waals surface area contributed by atoms with E-state index in [9.17, 15) is 40.7 Å². The van der Waals surface area contributed by atoms with E-state index in [-0.39, 0.29) is 11.3 Å². The summed E-state index contributed by atoms with van der Waals surface area (Å²) in [4.78, 5) is 39.8. The predicted molar refractivity (Wildman–Crippen MR) is 161 cm³/mol. The number of amides is 1. The van der Waals surface area contributed by atoms with Crippen LogP contribution >= 0.6 is 0 Å².